The van der Waals surface area contributed by atoms with E-state index in [4.69, 9.17) is 0 Å². The molecule has 2 aliphatic heterocycles. The number of benzene rings is 2. The molecule has 2 aliphatic rings. The Balaban J connectivity index is 1.49. The van der Waals surface area contributed by atoms with E-state index in [0.717, 1.165) is 28.9 Å². The van der Waals surface area contributed by atoms with Gasteiger partial charge in [-0.3, -0.25) is 13.8 Å². The summed E-state index contributed by atoms with van der Waals surface area (Å²) in [5.74, 6) is -0.0870. The van der Waals surface area contributed by atoms with E-state index >= 15 is 0 Å². The number of hydrogen-bond acceptors (Lipinski definition) is 4. The minimum atomic E-state index is -3.79. The fraction of sp³-hybridized carbons (Fsp3) is 0.333. The van der Waals surface area contributed by atoms with Crippen molar-refractivity contribution in [3.05, 3.63) is 71.0 Å². The molecule has 2 aromatic carbocycles. The lowest BCUT2D eigenvalue weighted by molar-refractivity contribution is -0.121. The highest BCUT2D eigenvalue weighted by atomic mass is 32.2. The van der Waals surface area contributed by atoms with Crippen molar-refractivity contribution in [2.75, 3.05) is 22.3 Å². The summed E-state index contributed by atoms with van der Waals surface area (Å²) in [6.07, 6.45) is 1.50. The maximum absolute atomic E-state index is 13.6. The molecule has 0 unspecified atom stereocenters. The predicted molar refractivity (Wildman–Crippen MR) is 124 cm³/mol. The quantitative estimate of drug-likeness (QED) is 0.611. The van der Waals surface area contributed by atoms with Crippen molar-refractivity contribution in [2.45, 2.75) is 44.6 Å². The summed E-state index contributed by atoms with van der Waals surface area (Å²) in [5, 5.41) is 4.52. The highest BCUT2D eigenvalue weighted by Gasteiger charge is 2.37. The Labute approximate surface area is 188 Å². The molecule has 0 radical (unpaired) electrons. The van der Waals surface area contributed by atoms with E-state index < -0.39 is 16.1 Å². The molecule has 3 aromatic rings. The van der Waals surface area contributed by atoms with E-state index in [1.165, 1.54) is 4.31 Å². The molecular formula is C24H26N4O3S. The number of aromatic nitrogens is 2. The predicted octanol–water partition coefficient (Wildman–Crippen LogP) is 3.40. The number of hydrogen-bond donors (Lipinski definition) is 0. The Morgan fingerprint density at radius 2 is 1.53 bits per heavy atom. The first-order valence-electron chi connectivity index (χ1n) is 10.9. The minimum Gasteiger partial charge on any atom is -0.310 e. The van der Waals surface area contributed by atoms with E-state index in [0.29, 0.717) is 30.9 Å². The molecule has 32 heavy (non-hydrogen) atoms. The molecule has 0 saturated heterocycles. The molecule has 0 bridgehead atoms. The lowest BCUT2D eigenvalue weighted by Crippen LogP contribution is -2.36. The number of para-hydroxylation sites is 2. The number of carbonyl (C=O) groups is 1. The summed E-state index contributed by atoms with van der Waals surface area (Å²) in [6.45, 7) is 6.24. The van der Waals surface area contributed by atoms with Crippen LogP contribution in [-0.2, 0) is 27.7 Å². The molecular weight excluding hydrogens is 424 g/mol. The minimum absolute atomic E-state index is 0.0870. The number of fused-ring (bicyclic) bond motifs is 2. The van der Waals surface area contributed by atoms with Crippen LogP contribution in [0.3, 0.4) is 0 Å². The van der Waals surface area contributed by atoms with Gasteiger partial charge in [-0.15, -0.1) is 0 Å². The maximum Gasteiger partial charge on any atom is 0.268 e. The first kappa shape index (κ1) is 20.8. The van der Waals surface area contributed by atoms with Gasteiger partial charge in [0.15, 0.2) is 0 Å². The fourth-order valence-electron chi connectivity index (χ4n) is 4.96. The molecule has 0 N–H and O–H groups in total. The third-order valence-electron chi connectivity index (χ3n) is 6.53. The topological polar surface area (TPSA) is 75.5 Å². The maximum atomic E-state index is 13.6. The zero-order chi connectivity index (χ0) is 22.6. The number of amides is 1. The lowest BCUT2D eigenvalue weighted by atomic mass is 10.2. The Bertz CT molecular complexity index is 1330. The van der Waals surface area contributed by atoms with Crippen molar-refractivity contribution in [1.29, 1.82) is 0 Å². The van der Waals surface area contributed by atoms with Gasteiger partial charge in [-0.25, -0.2) is 8.42 Å². The van der Waals surface area contributed by atoms with Crippen LogP contribution in [0.4, 0.5) is 11.4 Å². The first-order valence-corrected chi connectivity index (χ1v) is 12.3. The molecule has 7 nitrogen and oxygen atoms in total. The molecule has 0 spiro atoms. The third-order valence-corrected chi connectivity index (χ3v) is 8.59. The van der Waals surface area contributed by atoms with Gasteiger partial charge in [0.05, 0.1) is 17.1 Å². The van der Waals surface area contributed by atoms with E-state index in [9.17, 15) is 13.2 Å². The van der Waals surface area contributed by atoms with Gasteiger partial charge < -0.3 is 4.90 Å². The van der Waals surface area contributed by atoms with Crippen LogP contribution in [0.15, 0.2) is 53.4 Å². The number of anilines is 2. The summed E-state index contributed by atoms with van der Waals surface area (Å²) >= 11 is 0. The van der Waals surface area contributed by atoms with Gasteiger partial charge in [-0.2, -0.15) is 5.10 Å². The van der Waals surface area contributed by atoms with Gasteiger partial charge in [0, 0.05) is 18.8 Å². The molecule has 8 heteroatoms. The average Bonchev–Trinajstić information content (AvgIpc) is 3.48. The molecule has 166 valence electrons. The second-order valence-corrected chi connectivity index (χ2v) is 10.2. The van der Waals surface area contributed by atoms with E-state index in [1.54, 1.807) is 30.4 Å². The monoisotopic (exact) mass is 450 g/mol. The molecule has 0 fully saturated rings. The van der Waals surface area contributed by atoms with E-state index in [1.807, 2.05) is 48.5 Å². The van der Waals surface area contributed by atoms with Crippen LogP contribution in [0, 0.1) is 13.8 Å². The standard InChI is InChI=1S/C24H26N4O3S/c1-16-23(32(30,31)27-15-13-20-9-5-7-11-22(20)27)17(2)28(25-16)18(3)24(29)26-14-12-19-8-4-6-10-21(19)26/h4-11,18H,12-15H2,1-3H3/t18-/m1/s1. The summed E-state index contributed by atoms with van der Waals surface area (Å²) in [5.41, 5.74) is 4.71. The normalized spacial score (nSPS) is 16.2. The van der Waals surface area contributed by atoms with Crippen LogP contribution in [0.5, 0.6) is 0 Å². The first-order chi connectivity index (χ1) is 15.3. The number of carbonyl (C=O) groups excluding carboxylic acids is 1. The van der Waals surface area contributed by atoms with Gasteiger partial charge in [-0.05, 0) is 56.9 Å². The van der Waals surface area contributed by atoms with Crippen molar-refractivity contribution < 1.29 is 13.2 Å². The van der Waals surface area contributed by atoms with Gasteiger partial charge in [0.1, 0.15) is 10.9 Å². The van der Waals surface area contributed by atoms with Crippen molar-refractivity contribution in [3.8, 4) is 0 Å². The van der Waals surface area contributed by atoms with Gasteiger partial charge in [-0.1, -0.05) is 36.4 Å². The van der Waals surface area contributed by atoms with Crippen LogP contribution < -0.4 is 9.21 Å². The Kier molecular flexibility index (Phi) is 4.85. The SMILES string of the molecule is Cc1nn([C@H](C)C(=O)N2CCc3ccccc32)c(C)c1S(=O)(=O)N1CCc2ccccc21. The van der Waals surface area contributed by atoms with Gasteiger partial charge in [0.2, 0.25) is 0 Å². The van der Waals surface area contributed by atoms with Crippen molar-refractivity contribution in [3.63, 3.8) is 0 Å². The smallest absolute Gasteiger partial charge is 0.268 e. The molecule has 0 aliphatic carbocycles. The van der Waals surface area contributed by atoms with Crippen molar-refractivity contribution >= 4 is 27.3 Å². The largest absolute Gasteiger partial charge is 0.310 e. The van der Waals surface area contributed by atoms with Gasteiger partial charge >= 0.3 is 0 Å². The fourth-order valence-corrected chi connectivity index (χ4v) is 6.83. The lowest BCUT2D eigenvalue weighted by Gasteiger charge is -2.23. The molecule has 1 amide bonds. The molecule has 3 heterocycles. The second kappa shape index (κ2) is 7.48. The van der Waals surface area contributed by atoms with E-state index in [-0.39, 0.29) is 10.8 Å². The molecule has 5 rings (SSSR count). The van der Waals surface area contributed by atoms with Crippen LogP contribution >= 0.6 is 0 Å². The third kappa shape index (κ3) is 3.04. The summed E-state index contributed by atoms with van der Waals surface area (Å²) in [6, 6.07) is 14.9. The van der Waals surface area contributed by atoms with Crippen molar-refractivity contribution in [2.24, 2.45) is 0 Å². The number of sulfonamides is 1. The summed E-state index contributed by atoms with van der Waals surface area (Å²) in [7, 11) is -3.79. The zero-order valence-electron chi connectivity index (χ0n) is 18.4. The average molecular weight is 451 g/mol. The summed E-state index contributed by atoms with van der Waals surface area (Å²) in [4.78, 5) is 15.3. The Hall–Kier alpha value is -3.13. The van der Waals surface area contributed by atoms with Crippen LogP contribution in [0.1, 0.15) is 35.5 Å². The number of rotatable bonds is 4. The molecule has 0 saturated carbocycles. The molecule has 1 atom stereocenters. The van der Waals surface area contributed by atoms with Crippen molar-refractivity contribution in [1.82, 2.24) is 9.78 Å². The highest BCUT2D eigenvalue weighted by molar-refractivity contribution is 7.93. The zero-order valence-corrected chi connectivity index (χ0v) is 19.3. The number of aryl methyl sites for hydroxylation is 1. The Morgan fingerprint density at radius 3 is 2.25 bits per heavy atom. The molecule has 1 aromatic heterocycles. The van der Waals surface area contributed by atoms with Crippen LogP contribution in [0.25, 0.3) is 0 Å². The Morgan fingerprint density at radius 1 is 0.938 bits per heavy atom. The highest BCUT2D eigenvalue weighted by Crippen LogP contribution is 2.36. The van der Waals surface area contributed by atoms with Gasteiger partial charge in [0.25, 0.3) is 15.9 Å². The van der Waals surface area contributed by atoms with E-state index in [2.05, 4.69) is 5.10 Å². The summed E-state index contributed by atoms with van der Waals surface area (Å²) < 4.78 is 30.3. The number of nitrogens with zero attached hydrogens (tertiary/aromatic N) is 4. The van der Waals surface area contributed by atoms with Crippen LogP contribution in [-0.4, -0.2) is 37.2 Å². The second-order valence-electron chi connectivity index (χ2n) is 8.44. The van der Waals surface area contributed by atoms with Crippen LogP contribution in [0.2, 0.25) is 0 Å².